The molecule has 0 aliphatic rings. The number of rotatable bonds is 2. The zero-order valence-electron chi connectivity index (χ0n) is 8.59. The van der Waals surface area contributed by atoms with Crippen LogP contribution in [0, 0.1) is 5.92 Å². The Kier molecular flexibility index (Phi) is 3.43. The molecule has 0 aromatic heterocycles. The number of hydrazine groups is 1. The number of ketones is 1. The van der Waals surface area contributed by atoms with E-state index in [9.17, 15) is 4.79 Å². The van der Waals surface area contributed by atoms with Crippen LogP contribution in [0.2, 0.25) is 0 Å². The predicted molar refractivity (Wildman–Crippen MR) is 50.1 cm³/mol. The van der Waals surface area contributed by atoms with Gasteiger partial charge < -0.3 is 0 Å². The average Bonchev–Trinajstić information content (AvgIpc) is 1.85. The van der Waals surface area contributed by atoms with Crippen molar-refractivity contribution in [1.82, 2.24) is 0 Å². The van der Waals surface area contributed by atoms with Crippen LogP contribution >= 0.6 is 0 Å². The van der Waals surface area contributed by atoms with Crippen LogP contribution < -0.4 is 5.84 Å². The molecule has 0 saturated heterocycles. The largest absolute Gasteiger partial charge is 0.288 e. The first-order chi connectivity index (χ1) is 5.25. The van der Waals surface area contributed by atoms with E-state index in [1.807, 2.05) is 34.6 Å². The lowest BCUT2D eigenvalue weighted by Gasteiger charge is -2.11. The molecular formula is C9H19N2O+. The Morgan fingerprint density at radius 1 is 1.42 bits per heavy atom. The van der Waals surface area contributed by atoms with Crippen LogP contribution in [-0.4, -0.2) is 22.2 Å². The Labute approximate surface area is 74.2 Å². The van der Waals surface area contributed by atoms with Crippen molar-refractivity contribution in [3.05, 3.63) is 0 Å². The third-order valence-corrected chi connectivity index (χ3v) is 1.61. The minimum Gasteiger partial charge on any atom is -0.288 e. The Morgan fingerprint density at radius 3 is 2.08 bits per heavy atom. The molecule has 0 unspecified atom stereocenters. The van der Waals surface area contributed by atoms with E-state index in [0.717, 1.165) is 0 Å². The lowest BCUT2D eigenvalue weighted by molar-refractivity contribution is -0.603. The van der Waals surface area contributed by atoms with Crippen molar-refractivity contribution in [1.29, 1.82) is 0 Å². The number of hydrogen-bond acceptors (Lipinski definition) is 2. The molecule has 0 amide bonds. The Hall–Kier alpha value is -0.860. The third kappa shape index (κ3) is 3.51. The first-order valence-corrected chi connectivity index (χ1v) is 4.18. The molecule has 0 bridgehead atoms. The van der Waals surface area contributed by atoms with Crippen LogP contribution in [0.1, 0.15) is 34.6 Å². The monoisotopic (exact) mass is 171 g/mol. The predicted octanol–water partition coefficient (Wildman–Crippen LogP) is 0.967. The number of nitrogens with two attached hydrogens (primary N) is 1. The minimum atomic E-state index is -0.190. The van der Waals surface area contributed by atoms with Crippen LogP contribution in [0.5, 0.6) is 0 Å². The van der Waals surface area contributed by atoms with Crippen molar-refractivity contribution in [3.8, 4) is 0 Å². The molecule has 0 fully saturated rings. The molecular weight excluding hydrogens is 152 g/mol. The van der Waals surface area contributed by atoms with Gasteiger partial charge in [-0.15, -0.1) is 4.68 Å². The molecule has 0 atom stereocenters. The Balaban J connectivity index is 4.48. The van der Waals surface area contributed by atoms with E-state index in [1.165, 1.54) is 10.9 Å². The number of carbonyl (C=O) groups excluding carboxylic acids is 1. The van der Waals surface area contributed by atoms with Crippen LogP contribution in [0.3, 0.4) is 0 Å². The van der Waals surface area contributed by atoms with Crippen LogP contribution in [-0.2, 0) is 4.79 Å². The minimum absolute atomic E-state index is 0.0124. The van der Waals surface area contributed by atoms with E-state index in [-0.39, 0.29) is 17.2 Å². The summed E-state index contributed by atoms with van der Waals surface area (Å²) < 4.78 is 1.45. The van der Waals surface area contributed by atoms with Crippen LogP contribution in [0.4, 0.5) is 0 Å². The lowest BCUT2D eigenvalue weighted by atomic mass is 10.1. The smallest absolute Gasteiger partial charge is 0.236 e. The van der Waals surface area contributed by atoms with Crippen molar-refractivity contribution in [2.45, 2.75) is 40.2 Å². The molecule has 0 saturated carbocycles. The number of Topliss-reactive ketones (excluding diaryl/α,β-unsaturated/α-hetero) is 1. The van der Waals surface area contributed by atoms with Gasteiger partial charge in [-0.3, -0.25) is 4.79 Å². The maximum absolute atomic E-state index is 11.2. The molecule has 0 aliphatic heterocycles. The summed E-state index contributed by atoms with van der Waals surface area (Å²) in [7, 11) is 0. The van der Waals surface area contributed by atoms with Gasteiger partial charge in [0.05, 0.1) is 0 Å². The van der Waals surface area contributed by atoms with Gasteiger partial charge in [-0.1, -0.05) is 13.8 Å². The van der Waals surface area contributed by atoms with Gasteiger partial charge in [0.25, 0.3) is 0 Å². The highest BCUT2D eigenvalue weighted by atomic mass is 16.1. The van der Waals surface area contributed by atoms with Gasteiger partial charge in [0.15, 0.2) is 5.54 Å². The molecule has 70 valence electrons. The standard InChI is InChI=1S/C9H18N2O/c1-7(2)8(12)6-11(10)9(3,4)5/h6-7H,1-5H3,(H-,10,12)/p+1. The molecule has 2 N–H and O–H groups in total. The summed E-state index contributed by atoms with van der Waals surface area (Å²) in [5.74, 6) is 5.72. The molecule has 0 aliphatic carbocycles. The second kappa shape index (κ2) is 3.70. The highest BCUT2D eigenvalue weighted by Gasteiger charge is 2.23. The van der Waals surface area contributed by atoms with E-state index >= 15 is 0 Å². The summed E-state index contributed by atoms with van der Waals surface area (Å²) in [6.45, 7) is 9.58. The normalized spacial score (nSPS) is 13.7. The van der Waals surface area contributed by atoms with Gasteiger partial charge >= 0.3 is 0 Å². The van der Waals surface area contributed by atoms with Gasteiger partial charge in [-0.2, -0.15) is 0 Å². The van der Waals surface area contributed by atoms with Crippen molar-refractivity contribution in [2.24, 2.45) is 11.8 Å². The summed E-state index contributed by atoms with van der Waals surface area (Å²) >= 11 is 0. The zero-order valence-corrected chi connectivity index (χ0v) is 8.59. The van der Waals surface area contributed by atoms with E-state index in [1.54, 1.807) is 0 Å². The number of carbonyl (C=O) groups is 1. The summed E-state index contributed by atoms with van der Waals surface area (Å²) in [6, 6.07) is 0. The maximum atomic E-state index is 11.2. The number of hydrogen-bond donors (Lipinski definition) is 1. The van der Waals surface area contributed by atoms with Crippen molar-refractivity contribution in [2.75, 3.05) is 0 Å². The summed E-state index contributed by atoms with van der Waals surface area (Å²) in [6.07, 6.45) is 1.46. The van der Waals surface area contributed by atoms with Gasteiger partial charge in [0.2, 0.25) is 12.0 Å². The fourth-order valence-corrected chi connectivity index (χ4v) is 0.480. The second-order valence-corrected chi connectivity index (χ2v) is 4.26. The third-order valence-electron chi connectivity index (χ3n) is 1.61. The van der Waals surface area contributed by atoms with Gasteiger partial charge in [0, 0.05) is 26.7 Å². The van der Waals surface area contributed by atoms with E-state index in [2.05, 4.69) is 0 Å². The Morgan fingerprint density at radius 2 is 1.83 bits per heavy atom. The summed E-state index contributed by atoms with van der Waals surface area (Å²) in [5.41, 5.74) is -0.190. The quantitative estimate of drug-likeness (QED) is 0.291. The molecule has 12 heavy (non-hydrogen) atoms. The molecule has 0 heterocycles. The van der Waals surface area contributed by atoms with Crippen LogP contribution in [0.15, 0.2) is 0 Å². The molecule has 0 aromatic carbocycles. The van der Waals surface area contributed by atoms with E-state index < -0.39 is 0 Å². The van der Waals surface area contributed by atoms with Gasteiger partial charge in [0.1, 0.15) is 0 Å². The van der Waals surface area contributed by atoms with Crippen LogP contribution in [0.25, 0.3) is 0 Å². The molecule has 0 spiro atoms. The first kappa shape index (κ1) is 11.1. The van der Waals surface area contributed by atoms with Crippen molar-refractivity contribution >= 4 is 12.0 Å². The van der Waals surface area contributed by atoms with E-state index in [4.69, 9.17) is 5.84 Å². The van der Waals surface area contributed by atoms with Crippen molar-refractivity contribution in [3.63, 3.8) is 0 Å². The number of nitrogens with zero attached hydrogens (tertiary/aromatic N) is 1. The fourth-order valence-electron chi connectivity index (χ4n) is 0.480. The maximum Gasteiger partial charge on any atom is 0.236 e. The topological polar surface area (TPSA) is 46.1 Å². The molecule has 3 nitrogen and oxygen atoms in total. The summed E-state index contributed by atoms with van der Waals surface area (Å²) in [5, 5.41) is 0. The number of hydrazone groups is 1. The molecule has 0 aromatic rings. The van der Waals surface area contributed by atoms with Gasteiger partial charge in [-0.05, 0) is 0 Å². The second-order valence-electron chi connectivity index (χ2n) is 4.26. The zero-order chi connectivity index (χ0) is 9.94. The fraction of sp³-hybridized carbons (Fsp3) is 0.778. The Bertz CT molecular complexity index is 199. The molecule has 0 radical (unpaired) electrons. The average molecular weight is 171 g/mol. The first-order valence-electron chi connectivity index (χ1n) is 4.18. The summed E-state index contributed by atoms with van der Waals surface area (Å²) in [4.78, 5) is 11.2. The van der Waals surface area contributed by atoms with Gasteiger partial charge in [-0.25, -0.2) is 5.84 Å². The molecule has 0 rings (SSSR count). The highest BCUT2D eigenvalue weighted by molar-refractivity contribution is 6.26. The van der Waals surface area contributed by atoms with E-state index in [0.29, 0.717) is 0 Å². The SMILES string of the molecule is CC(C)C(=O)C=[N+](N)C(C)(C)C. The highest BCUT2D eigenvalue weighted by Crippen LogP contribution is 2.02. The lowest BCUT2D eigenvalue weighted by Crippen LogP contribution is -2.40. The van der Waals surface area contributed by atoms with Crippen molar-refractivity contribution < 1.29 is 9.48 Å². The molecule has 3 heteroatoms.